The highest BCUT2D eigenvalue weighted by atomic mass is 14.8. The van der Waals surface area contributed by atoms with Crippen molar-refractivity contribution in [1.29, 1.82) is 0 Å². The molecule has 0 saturated heterocycles. The molecule has 8 heavy (non-hydrogen) atoms. The Bertz CT molecular complexity index is 35.8. The zero-order valence-corrected chi connectivity index (χ0v) is 6.15. The zero-order valence-electron chi connectivity index (χ0n) is 6.15. The average Bonchev–Trinajstić information content (AvgIpc) is 1.88. The van der Waals surface area contributed by atoms with E-state index in [0.717, 1.165) is 0 Å². The fraction of sp³-hybridized carbons (Fsp3) is 0.667. The molecule has 0 aliphatic heterocycles. The minimum atomic E-state index is 1.82. The molecule has 0 radical (unpaired) electrons. The maximum absolute atomic E-state index is 2.83. The molecule has 0 rings (SSSR count). The van der Waals surface area contributed by atoms with Crippen molar-refractivity contribution in [3.05, 3.63) is 12.4 Å². The van der Waals surface area contributed by atoms with Gasteiger partial charge in [-0.25, -0.2) is 0 Å². The van der Waals surface area contributed by atoms with Gasteiger partial charge in [-0.1, -0.05) is 13.8 Å². The summed E-state index contributed by atoms with van der Waals surface area (Å²) < 4.78 is 0. The van der Waals surface area contributed by atoms with Crippen molar-refractivity contribution in [2.45, 2.75) is 13.8 Å². The first-order chi connectivity index (χ1) is 3.91. The number of hydrogen-bond donors (Lipinski definition) is 2. The SMILES string of the molecule is CC.CN/C=C\NC. The molecule has 50 valence electrons. The molecule has 0 saturated carbocycles. The van der Waals surface area contributed by atoms with E-state index in [0.29, 0.717) is 0 Å². The van der Waals surface area contributed by atoms with Crippen LogP contribution in [0.1, 0.15) is 13.8 Å². The summed E-state index contributed by atoms with van der Waals surface area (Å²) in [4.78, 5) is 0. The molecule has 2 N–H and O–H groups in total. The summed E-state index contributed by atoms with van der Waals surface area (Å²) in [6, 6.07) is 0. The van der Waals surface area contributed by atoms with Gasteiger partial charge in [0.1, 0.15) is 0 Å². The van der Waals surface area contributed by atoms with Gasteiger partial charge < -0.3 is 10.6 Å². The van der Waals surface area contributed by atoms with Crippen LogP contribution in [-0.4, -0.2) is 14.1 Å². The van der Waals surface area contributed by atoms with E-state index >= 15 is 0 Å². The van der Waals surface area contributed by atoms with Crippen LogP contribution >= 0.6 is 0 Å². The van der Waals surface area contributed by atoms with Crippen molar-refractivity contribution in [3.8, 4) is 0 Å². The first-order valence-electron chi connectivity index (χ1n) is 2.91. The molecule has 0 aliphatic rings. The van der Waals surface area contributed by atoms with Gasteiger partial charge in [0.05, 0.1) is 0 Å². The van der Waals surface area contributed by atoms with E-state index in [1.54, 1.807) is 0 Å². The molecule has 0 spiro atoms. The molecule has 0 aromatic carbocycles. The molecule has 0 aromatic heterocycles. The number of rotatable bonds is 2. The van der Waals surface area contributed by atoms with E-state index in [1.165, 1.54) is 0 Å². The Morgan fingerprint density at radius 1 is 0.875 bits per heavy atom. The zero-order chi connectivity index (χ0) is 6.83. The van der Waals surface area contributed by atoms with Crippen LogP contribution in [0.4, 0.5) is 0 Å². The Balaban J connectivity index is 0. The quantitative estimate of drug-likeness (QED) is 0.560. The van der Waals surface area contributed by atoms with Gasteiger partial charge in [0.25, 0.3) is 0 Å². The van der Waals surface area contributed by atoms with Gasteiger partial charge >= 0.3 is 0 Å². The predicted molar refractivity (Wildman–Crippen MR) is 38.6 cm³/mol. The molecule has 0 heterocycles. The Morgan fingerprint density at radius 2 is 1.12 bits per heavy atom. The summed E-state index contributed by atoms with van der Waals surface area (Å²) >= 11 is 0. The van der Waals surface area contributed by atoms with E-state index in [2.05, 4.69) is 10.6 Å². The maximum atomic E-state index is 2.83. The third kappa shape index (κ3) is 18.4. The second kappa shape index (κ2) is 16.2. The van der Waals surface area contributed by atoms with Gasteiger partial charge in [0, 0.05) is 26.5 Å². The molecule has 0 aliphatic carbocycles. The van der Waals surface area contributed by atoms with Crippen molar-refractivity contribution in [3.63, 3.8) is 0 Å². The number of nitrogens with one attached hydrogen (secondary N) is 2. The summed E-state index contributed by atoms with van der Waals surface area (Å²) in [6.07, 6.45) is 3.64. The normalized spacial score (nSPS) is 7.50. The molecular formula is C6H16N2. The van der Waals surface area contributed by atoms with E-state index in [1.807, 2.05) is 40.3 Å². The molecule has 0 atom stereocenters. The van der Waals surface area contributed by atoms with Crippen LogP contribution in [0.5, 0.6) is 0 Å². The molecular weight excluding hydrogens is 100 g/mol. The molecule has 2 heteroatoms. The molecule has 0 bridgehead atoms. The molecule has 0 aromatic rings. The van der Waals surface area contributed by atoms with Crippen LogP contribution in [0.3, 0.4) is 0 Å². The Hall–Kier alpha value is -0.660. The molecule has 0 amide bonds. The van der Waals surface area contributed by atoms with Gasteiger partial charge in [-0.15, -0.1) is 0 Å². The van der Waals surface area contributed by atoms with Gasteiger partial charge in [-0.2, -0.15) is 0 Å². The highest BCUT2D eigenvalue weighted by Gasteiger charge is 1.52. The average molecular weight is 116 g/mol. The van der Waals surface area contributed by atoms with Crippen LogP contribution in [-0.2, 0) is 0 Å². The lowest BCUT2D eigenvalue weighted by Crippen LogP contribution is -1.98. The van der Waals surface area contributed by atoms with E-state index in [4.69, 9.17) is 0 Å². The first-order valence-corrected chi connectivity index (χ1v) is 2.91. The van der Waals surface area contributed by atoms with Gasteiger partial charge in [-0.3, -0.25) is 0 Å². The fourth-order valence-electron chi connectivity index (χ4n) is 0.167. The van der Waals surface area contributed by atoms with E-state index < -0.39 is 0 Å². The Morgan fingerprint density at radius 3 is 1.25 bits per heavy atom. The summed E-state index contributed by atoms with van der Waals surface area (Å²) in [7, 11) is 3.71. The largest absolute Gasteiger partial charge is 0.393 e. The summed E-state index contributed by atoms with van der Waals surface area (Å²) in [5.74, 6) is 0. The monoisotopic (exact) mass is 116 g/mol. The number of hydrogen-bond acceptors (Lipinski definition) is 2. The van der Waals surface area contributed by atoms with Gasteiger partial charge in [0.2, 0.25) is 0 Å². The third-order valence-corrected chi connectivity index (χ3v) is 0.417. The smallest absolute Gasteiger partial charge is 0.0121 e. The summed E-state index contributed by atoms with van der Waals surface area (Å²) in [5, 5.41) is 5.65. The molecule has 0 fully saturated rings. The van der Waals surface area contributed by atoms with Crippen molar-refractivity contribution in [1.82, 2.24) is 10.6 Å². The highest BCUT2D eigenvalue weighted by molar-refractivity contribution is 4.71. The molecule has 2 nitrogen and oxygen atoms in total. The van der Waals surface area contributed by atoms with Crippen LogP contribution < -0.4 is 10.6 Å². The maximum Gasteiger partial charge on any atom is 0.0121 e. The van der Waals surface area contributed by atoms with Crippen LogP contribution in [0.2, 0.25) is 0 Å². The molecule has 0 unspecified atom stereocenters. The van der Waals surface area contributed by atoms with Crippen molar-refractivity contribution < 1.29 is 0 Å². The minimum absolute atomic E-state index is 1.82. The van der Waals surface area contributed by atoms with Crippen LogP contribution in [0.15, 0.2) is 12.4 Å². The van der Waals surface area contributed by atoms with Crippen molar-refractivity contribution in [2.24, 2.45) is 0 Å². The summed E-state index contributed by atoms with van der Waals surface area (Å²) in [6.45, 7) is 4.00. The lowest BCUT2D eigenvalue weighted by atomic mass is 10.9. The third-order valence-electron chi connectivity index (χ3n) is 0.417. The van der Waals surface area contributed by atoms with Crippen molar-refractivity contribution in [2.75, 3.05) is 14.1 Å². The Labute approximate surface area is 52.0 Å². The van der Waals surface area contributed by atoms with Crippen LogP contribution in [0.25, 0.3) is 0 Å². The predicted octanol–water partition coefficient (Wildman–Crippen LogP) is 0.923. The van der Waals surface area contributed by atoms with Gasteiger partial charge in [0.15, 0.2) is 0 Å². The van der Waals surface area contributed by atoms with Crippen molar-refractivity contribution >= 4 is 0 Å². The first kappa shape index (κ1) is 10.3. The lowest BCUT2D eigenvalue weighted by molar-refractivity contribution is 1.03. The fourth-order valence-corrected chi connectivity index (χ4v) is 0.167. The highest BCUT2D eigenvalue weighted by Crippen LogP contribution is 1.49. The van der Waals surface area contributed by atoms with Crippen LogP contribution in [0, 0.1) is 0 Å². The van der Waals surface area contributed by atoms with E-state index in [9.17, 15) is 0 Å². The standard InChI is InChI=1S/C4H10N2.C2H6/c1-5-3-4-6-2;1-2/h3-6H,1-2H3;1-2H3/b4-3-;. The topological polar surface area (TPSA) is 24.1 Å². The second-order valence-corrected chi connectivity index (χ2v) is 0.911. The van der Waals surface area contributed by atoms with Gasteiger partial charge in [-0.05, 0) is 0 Å². The Kier molecular flexibility index (Phi) is 21.0. The minimum Gasteiger partial charge on any atom is -0.393 e. The summed E-state index contributed by atoms with van der Waals surface area (Å²) in [5.41, 5.74) is 0. The van der Waals surface area contributed by atoms with E-state index in [-0.39, 0.29) is 0 Å². The second-order valence-electron chi connectivity index (χ2n) is 0.911. The lowest BCUT2D eigenvalue weighted by Gasteiger charge is -1.82.